The lowest BCUT2D eigenvalue weighted by Crippen LogP contribution is -2.36. The van der Waals surface area contributed by atoms with Gasteiger partial charge in [-0.2, -0.15) is 18.3 Å². The Morgan fingerprint density at radius 3 is 2.55 bits per heavy atom. The number of carbonyl (C=O) groups excluding carboxylic acids is 1. The van der Waals surface area contributed by atoms with Crippen LogP contribution in [0.25, 0.3) is 0 Å². The lowest BCUT2D eigenvalue weighted by Gasteiger charge is -2.34. The van der Waals surface area contributed by atoms with Crippen LogP contribution in [-0.2, 0) is 0 Å². The maximum Gasteiger partial charge on any atom is 0.410 e. The number of nitrogens with one attached hydrogen (secondary N) is 2. The first kappa shape index (κ1) is 25.5. The van der Waals surface area contributed by atoms with E-state index in [0.29, 0.717) is 34.1 Å². The SMILES string of the molecule is COc1ccc([C@H]2C[C@H](C(F)(F)F)n3ncc(C(=O)Nc4cc5c(cc4[C@H](C)O)OCO5)c3N2)cc1OC. The highest BCUT2D eigenvalue weighted by atomic mass is 19.4. The number of anilines is 2. The molecule has 3 N–H and O–H groups in total. The maximum absolute atomic E-state index is 14.1. The number of carbonyl (C=O) groups is 1. The number of fused-ring (bicyclic) bond motifs is 2. The van der Waals surface area contributed by atoms with Gasteiger partial charge in [-0.15, -0.1) is 0 Å². The lowest BCUT2D eigenvalue weighted by atomic mass is 9.96. The molecule has 1 amide bonds. The number of aliphatic hydroxyl groups is 1. The first-order valence-electron chi connectivity index (χ1n) is 11.7. The van der Waals surface area contributed by atoms with Crippen LogP contribution in [0.3, 0.4) is 0 Å². The van der Waals surface area contributed by atoms with Gasteiger partial charge < -0.3 is 34.7 Å². The molecule has 38 heavy (non-hydrogen) atoms. The van der Waals surface area contributed by atoms with Crippen molar-refractivity contribution in [2.75, 3.05) is 31.6 Å². The summed E-state index contributed by atoms with van der Waals surface area (Å²) in [6.45, 7) is 1.50. The van der Waals surface area contributed by atoms with Crippen LogP contribution in [0.15, 0.2) is 36.5 Å². The van der Waals surface area contributed by atoms with E-state index in [-0.39, 0.29) is 30.3 Å². The van der Waals surface area contributed by atoms with Crippen molar-refractivity contribution in [1.82, 2.24) is 9.78 Å². The zero-order valence-electron chi connectivity index (χ0n) is 20.6. The Kier molecular flexibility index (Phi) is 6.47. The number of aliphatic hydroxyl groups excluding tert-OH is 1. The molecule has 0 bridgehead atoms. The van der Waals surface area contributed by atoms with Crippen molar-refractivity contribution in [1.29, 1.82) is 0 Å². The van der Waals surface area contributed by atoms with Gasteiger partial charge in [0.1, 0.15) is 11.4 Å². The number of aromatic nitrogens is 2. The third kappa shape index (κ3) is 4.53. The zero-order chi connectivity index (χ0) is 27.2. The topological polar surface area (TPSA) is 116 Å². The van der Waals surface area contributed by atoms with E-state index in [1.54, 1.807) is 24.3 Å². The molecule has 0 saturated carbocycles. The second-order valence-corrected chi connectivity index (χ2v) is 8.88. The number of alkyl halides is 3. The quantitative estimate of drug-likeness (QED) is 0.421. The van der Waals surface area contributed by atoms with Crippen LogP contribution in [0.2, 0.25) is 0 Å². The number of nitrogens with zero attached hydrogens (tertiary/aromatic N) is 2. The Morgan fingerprint density at radius 2 is 1.89 bits per heavy atom. The molecule has 3 aromatic rings. The number of amides is 1. The Labute approximate surface area is 215 Å². The summed E-state index contributed by atoms with van der Waals surface area (Å²) >= 11 is 0. The Bertz CT molecular complexity index is 1370. The van der Waals surface area contributed by atoms with Crippen LogP contribution in [0.1, 0.15) is 53.0 Å². The van der Waals surface area contributed by atoms with Crippen molar-refractivity contribution < 1.29 is 42.0 Å². The average molecular weight is 534 g/mol. The molecule has 2 aliphatic rings. The normalized spacial score (nSPS) is 18.8. The largest absolute Gasteiger partial charge is 0.493 e. The van der Waals surface area contributed by atoms with Crippen molar-refractivity contribution in [3.05, 3.63) is 53.2 Å². The van der Waals surface area contributed by atoms with E-state index >= 15 is 0 Å². The second-order valence-electron chi connectivity index (χ2n) is 8.88. The van der Waals surface area contributed by atoms with Gasteiger partial charge in [0.05, 0.1) is 38.2 Å². The molecule has 13 heteroatoms. The third-order valence-electron chi connectivity index (χ3n) is 6.54. The summed E-state index contributed by atoms with van der Waals surface area (Å²) in [6, 6.07) is 5.09. The molecule has 3 heterocycles. The first-order chi connectivity index (χ1) is 18.1. The van der Waals surface area contributed by atoms with Crippen LogP contribution in [-0.4, -0.2) is 48.0 Å². The third-order valence-corrected chi connectivity index (χ3v) is 6.54. The monoisotopic (exact) mass is 534 g/mol. The van der Waals surface area contributed by atoms with Gasteiger partial charge in [0.15, 0.2) is 29.0 Å². The fraction of sp³-hybridized carbons (Fsp3) is 0.360. The molecule has 0 unspecified atom stereocenters. The minimum atomic E-state index is -4.62. The number of hydrogen-bond acceptors (Lipinski definition) is 8. The van der Waals surface area contributed by atoms with Gasteiger partial charge >= 0.3 is 6.18 Å². The highest BCUT2D eigenvalue weighted by Crippen LogP contribution is 2.46. The summed E-state index contributed by atoms with van der Waals surface area (Å²) in [7, 11) is 2.90. The molecule has 5 rings (SSSR count). The van der Waals surface area contributed by atoms with Crippen molar-refractivity contribution >= 4 is 17.4 Å². The van der Waals surface area contributed by atoms with Crippen molar-refractivity contribution in [3.63, 3.8) is 0 Å². The summed E-state index contributed by atoms with van der Waals surface area (Å²) in [6.07, 6.45) is -4.86. The van der Waals surface area contributed by atoms with Gasteiger partial charge in [-0.3, -0.25) is 4.79 Å². The van der Waals surface area contributed by atoms with E-state index in [0.717, 1.165) is 10.9 Å². The van der Waals surface area contributed by atoms with Crippen molar-refractivity contribution in [2.45, 2.75) is 37.7 Å². The Balaban J connectivity index is 1.50. The summed E-state index contributed by atoms with van der Waals surface area (Å²) in [5, 5.41) is 19.8. The average Bonchev–Trinajstić information content (AvgIpc) is 3.53. The van der Waals surface area contributed by atoms with Crippen LogP contribution in [0, 0.1) is 0 Å². The first-order valence-corrected chi connectivity index (χ1v) is 11.7. The number of ether oxygens (including phenoxy) is 4. The van der Waals surface area contributed by atoms with Gasteiger partial charge in [0, 0.05) is 18.1 Å². The van der Waals surface area contributed by atoms with Crippen molar-refractivity contribution in [3.8, 4) is 23.0 Å². The molecular formula is C25H25F3N4O6. The number of rotatable bonds is 6. The zero-order valence-corrected chi connectivity index (χ0v) is 20.6. The Morgan fingerprint density at radius 1 is 1.18 bits per heavy atom. The minimum Gasteiger partial charge on any atom is -0.493 e. The number of hydrogen-bond donors (Lipinski definition) is 3. The fourth-order valence-electron chi connectivity index (χ4n) is 4.62. The van der Waals surface area contributed by atoms with Gasteiger partial charge in [0.25, 0.3) is 5.91 Å². The van der Waals surface area contributed by atoms with Crippen molar-refractivity contribution in [2.24, 2.45) is 0 Å². The van der Waals surface area contributed by atoms with Gasteiger partial charge in [0.2, 0.25) is 6.79 Å². The summed E-state index contributed by atoms with van der Waals surface area (Å²) in [5.41, 5.74) is 1.00. The Hall–Kier alpha value is -4.13. The summed E-state index contributed by atoms with van der Waals surface area (Å²) in [5.74, 6) is 0.770. The molecule has 10 nitrogen and oxygen atoms in total. The van der Waals surface area contributed by atoms with E-state index in [9.17, 15) is 23.1 Å². The van der Waals surface area contributed by atoms with Gasteiger partial charge in [-0.1, -0.05) is 6.07 Å². The lowest BCUT2D eigenvalue weighted by molar-refractivity contribution is -0.173. The van der Waals surface area contributed by atoms with E-state index < -0.39 is 30.3 Å². The molecule has 0 spiro atoms. The number of methoxy groups -OCH3 is 2. The highest BCUT2D eigenvalue weighted by molar-refractivity contribution is 6.08. The van der Waals surface area contributed by atoms with Crippen LogP contribution in [0.5, 0.6) is 23.0 Å². The molecule has 0 fully saturated rings. The van der Waals surface area contributed by atoms with E-state index in [4.69, 9.17) is 18.9 Å². The number of benzene rings is 2. The molecule has 0 saturated heterocycles. The summed E-state index contributed by atoms with van der Waals surface area (Å²) < 4.78 is 64.3. The molecule has 202 valence electrons. The molecule has 0 radical (unpaired) electrons. The van der Waals surface area contributed by atoms with E-state index in [1.165, 1.54) is 27.2 Å². The fourth-order valence-corrected chi connectivity index (χ4v) is 4.62. The smallest absolute Gasteiger partial charge is 0.410 e. The molecule has 2 aromatic carbocycles. The molecular weight excluding hydrogens is 509 g/mol. The second kappa shape index (κ2) is 9.63. The van der Waals surface area contributed by atoms with Gasteiger partial charge in [-0.05, 0) is 30.7 Å². The van der Waals surface area contributed by atoms with Crippen LogP contribution in [0.4, 0.5) is 24.7 Å². The maximum atomic E-state index is 14.1. The standard InChI is InChI=1S/C25H25F3N4O6/c1-12(33)14-7-20-21(38-11-37-20)8-17(14)31-24(34)15-10-29-32-22(25(26,27)28)9-16(30-23(15)32)13-4-5-18(35-2)19(6-13)36-3/h4-8,10,12,16,22,30,33H,9,11H2,1-3H3,(H,31,34)/t12-,16+,22+/m0/s1. The van der Waals surface area contributed by atoms with Crippen LogP contribution < -0.4 is 29.6 Å². The highest BCUT2D eigenvalue weighted by Gasteiger charge is 2.47. The predicted molar refractivity (Wildman–Crippen MR) is 129 cm³/mol. The van der Waals surface area contributed by atoms with E-state index in [1.807, 2.05) is 0 Å². The number of halogens is 3. The summed E-state index contributed by atoms with van der Waals surface area (Å²) in [4.78, 5) is 13.3. The molecule has 1 aromatic heterocycles. The molecule has 0 aliphatic carbocycles. The van der Waals surface area contributed by atoms with Crippen LogP contribution >= 0.6 is 0 Å². The molecule has 2 aliphatic heterocycles. The molecule has 3 atom stereocenters. The minimum absolute atomic E-state index is 0.0107. The van der Waals surface area contributed by atoms with Gasteiger partial charge in [-0.25, -0.2) is 4.68 Å². The van der Waals surface area contributed by atoms with E-state index in [2.05, 4.69) is 15.7 Å². The predicted octanol–water partition coefficient (Wildman–Crippen LogP) is 4.59.